The predicted octanol–water partition coefficient (Wildman–Crippen LogP) is 2.29. The van der Waals surface area contributed by atoms with Crippen molar-refractivity contribution in [1.29, 1.82) is 0 Å². The van der Waals surface area contributed by atoms with E-state index in [9.17, 15) is 9.00 Å². The molecule has 110 valence electrons. The molecule has 1 amide bonds. The number of rotatable bonds is 3. The standard InChI is InChI=1S/C12H12N4O2S3/c1-21(2,18)15-10(17)7-19-11-13-14-12-16(11)8-5-3-4-6-9(8)20-12/h3-6H,7H2,1-2H3. The Balaban J connectivity index is 1.91. The molecular weight excluding hydrogens is 328 g/mol. The Hall–Kier alpha value is -1.45. The Bertz CT molecular complexity index is 942. The number of hydrogen-bond acceptors (Lipinski definition) is 6. The molecule has 0 aliphatic rings. The van der Waals surface area contributed by atoms with Crippen LogP contribution in [0.4, 0.5) is 0 Å². The summed E-state index contributed by atoms with van der Waals surface area (Å²) in [5.74, 6) is -0.296. The summed E-state index contributed by atoms with van der Waals surface area (Å²) in [5, 5.41) is 8.86. The molecule has 2 heterocycles. The van der Waals surface area contributed by atoms with Gasteiger partial charge >= 0.3 is 0 Å². The van der Waals surface area contributed by atoms with Crippen LogP contribution in [0.15, 0.2) is 33.8 Å². The van der Waals surface area contributed by atoms with Gasteiger partial charge in [0.05, 0.1) is 16.0 Å². The Morgan fingerprint density at radius 3 is 2.90 bits per heavy atom. The number of carbonyl (C=O) groups excluding carboxylic acids is 1. The molecule has 0 saturated heterocycles. The molecule has 0 bridgehead atoms. The molecule has 21 heavy (non-hydrogen) atoms. The summed E-state index contributed by atoms with van der Waals surface area (Å²) in [6, 6.07) is 7.93. The molecule has 0 atom stereocenters. The Labute approximate surface area is 129 Å². The third-order valence-electron chi connectivity index (χ3n) is 2.56. The number of para-hydroxylation sites is 1. The van der Waals surface area contributed by atoms with Crippen molar-refractivity contribution in [2.75, 3.05) is 18.3 Å². The van der Waals surface area contributed by atoms with Gasteiger partial charge in [0.25, 0.3) is 5.91 Å². The maximum Gasteiger partial charge on any atom is 0.264 e. The molecule has 0 saturated carbocycles. The quantitative estimate of drug-likeness (QED) is 0.684. The smallest absolute Gasteiger partial charge is 0.264 e. The van der Waals surface area contributed by atoms with Crippen molar-refractivity contribution in [3.63, 3.8) is 0 Å². The Kier molecular flexibility index (Phi) is 3.72. The maximum atomic E-state index is 11.7. The van der Waals surface area contributed by atoms with E-state index in [0.717, 1.165) is 15.2 Å². The van der Waals surface area contributed by atoms with E-state index in [1.54, 1.807) is 11.3 Å². The van der Waals surface area contributed by atoms with Crippen LogP contribution in [-0.2, 0) is 14.5 Å². The molecule has 6 nitrogen and oxygen atoms in total. The maximum absolute atomic E-state index is 11.7. The van der Waals surface area contributed by atoms with Crippen LogP contribution in [0.1, 0.15) is 0 Å². The van der Waals surface area contributed by atoms with Gasteiger partial charge in [-0.2, -0.15) is 4.36 Å². The lowest BCUT2D eigenvalue weighted by molar-refractivity contribution is -0.115. The molecule has 9 heteroatoms. The average molecular weight is 340 g/mol. The number of benzene rings is 1. The first-order valence-corrected chi connectivity index (χ1v) is 10.1. The van der Waals surface area contributed by atoms with Crippen molar-refractivity contribution in [2.24, 2.45) is 4.36 Å². The van der Waals surface area contributed by atoms with Crippen LogP contribution >= 0.6 is 23.1 Å². The number of nitrogens with zero attached hydrogens (tertiary/aromatic N) is 4. The molecule has 0 aliphatic heterocycles. The fourth-order valence-electron chi connectivity index (χ4n) is 1.85. The number of carbonyl (C=O) groups is 1. The second-order valence-electron chi connectivity index (χ2n) is 4.63. The summed E-state index contributed by atoms with van der Waals surface area (Å²) >= 11 is 2.80. The normalized spacial score (nSPS) is 12.1. The molecule has 3 rings (SSSR count). The highest BCUT2D eigenvalue weighted by Crippen LogP contribution is 2.29. The van der Waals surface area contributed by atoms with Crippen LogP contribution in [0.5, 0.6) is 0 Å². The van der Waals surface area contributed by atoms with E-state index >= 15 is 0 Å². The number of amides is 1. The summed E-state index contributed by atoms with van der Waals surface area (Å²) in [6.45, 7) is 0. The van der Waals surface area contributed by atoms with Crippen LogP contribution in [0.3, 0.4) is 0 Å². The van der Waals surface area contributed by atoms with E-state index in [0.29, 0.717) is 5.16 Å². The third-order valence-corrected chi connectivity index (χ3v) is 5.13. The molecule has 0 fully saturated rings. The number of fused-ring (bicyclic) bond motifs is 3. The third kappa shape index (κ3) is 3.09. The van der Waals surface area contributed by atoms with Crippen molar-refractivity contribution in [3.8, 4) is 0 Å². The fraction of sp³-hybridized carbons (Fsp3) is 0.250. The van der Waals surface area contributed by atoms with Crippen LogP contribution < -0.4 is 0 Å². The minimum absolute atomic E-state index is 0.101. The van der Waals surface area contributed by atoms with E-state index < -0.39 is 15.6 Å². The number of hydrogen-bond donors (Lipinski definition) is 0. The van der Waals surface area contributed by atoms with Gasteiger partial charge in [-0.25, -0.2) is 4.21 Å². The van der Waals surface area contributed by atoms with Gasteiger partial charge in [-0.15, -0.1) is 10.2 Å². The SMILES string of the molecule is CS(C)(=O)=NC(=O)CSc1nnc2sc3ccccc3n12. The second-order valence-corrected chi connectivity index (χ2v) is 9.12. The van der Waals surface area contributed by atoms with Gasteiger partial charge < -0.3 is 0 Å². The molecule has 0 unspecified atom stereocenters. The summed E-state index contributed by atoms with van der Waals surface area (Å²) < 4.78 is 18.2. The van der Waals surface area contributed by atoms with Crippen molar-refractivity contribution in [3.05, 3.63) is 24.3 Å². The van der Waals surface area contributed by atoms with Gasteiger partial charge in [-0.05, 0) is 12.1 Å². The first-order chi connectivity index (χ1) is 9.94. The van der Waals surface area contributed by atoms with Crippen molar-refractivity contribution < 1.29 is 9.00 Å². The lowest BCUT2D eigenvalue weighted by Crippen LogP contribution is -2.03. The Morgan fingerprint density at radius 1 is 1.38 bits per heavy atom. The largest absolute Gasteiger partial charge is 0.271 e. The molecule has 1 aromatic carbocycles. The van der Waals surface area contributed by atoms with Gasteiger partial charge in [0.15, 0.2) is 5.16 Å². The van der Waals surface area contributed by atoms with Crippen molar-refractivity contribution >= 4 is 53.9 Å². The van der Waals surface area contributed by atoms with E-state index in [2.05, 4.69) is 14.6 Å². The molecule has 0 spiro atoms. The molecular formula is C12H12N4O2S3. The second kappa shape index (κ2) is 5.39. The average Bonchev–Trinajstić information content (AvgIpc) is 2.93. The van der Waals surface area contributed by atoms with Gasteiger partial charge in [-0.3, -0.25) is 9.20 Å². The zero-order chi connectivity index (χ0) is 15.0. The summed E-state index contributed by atoms with van der Waals surface area (Å²) in [4.78, 5) is 12.5. The Morgan fingerprint density at radius 2 is 2.14 bits per heavy atom. The lowest BCUT2D eigenvalue weighted by Gasteiger charge is -1.97. The molecule has 0 aliphatic carbocycles. The summed E-state index contributed by atoms with van der Waals surface area (Å²) in [5.41, 5.74) is 1.02. The van der Waals surface area contributed by atoms with Gasteiger partial charge in [0, 0.05) is 22.2 Å². The topological polar surface area (TPSA) is 76.7 Å². The first-order valence-electron chi connectivity index (χ1n) is 5.99. The zero-order valence-electron chi connectivity index (χ0n) is 11.3. The van der Waals surface area contributed by atoms with E-state index in [-0.39, 0.29) is 5.75 Å². The molecule has 3 aromatic rings. The van der Waals surface area contributed by atoms with E-state index in [4.69, 9.17) is 0 Å². The van der Waals surface area contributed by atoms with Gasteiger partial charge in [0.1, 0.15) is 0 Å². The highest BCUT2D eigenvalue weighted by Gasteiger charge is 2.14. The molecule has 2 aromatic heterocycles. The predicted molar refractivity (Wildman–Crippen MR) is 86.5 cm³/mol. The van der Waals surface area contributed by atoms with Gasteiger partial charge in [-0.1, -0.05) is 35.2 Å². The lowest BCUT2D eigenvalue weighted by atomic mass is 10.3. The first kappa shape index (κ1) is 14.5. The van der Waals surface area contributed by atoms with Crippen LogP contribution in [0, 0.1) is 0 Å². The minimum Gasteiger partial charge on any atom is -0.271 e. The highest BCUT2D eigenvalue weighted by molar-refractivity contribution is 8.00. The van der Waals surface area contributed by atoms with Gasteiger partial charge in [0.2, 0.25) is 4.96 Å². The van der Waals surface area contributed by atoms with Crippen molar-refractivity contribution in [1.82, 2.24) is 14.6 Å². The summed E-state index contributed by atoms with van der Waals surface area (Å²) in [6.07, 6.45) is 2.88. The number of thioether (sulfide) groups is 1. The van der Waals surface area contributed by atoms with Crippen molar-refractivity contribution in [2.45, 2.75) is 5.16 Å². The van der Waals surface area contributed by atoms with Crippen LogP contribution in [-0.4, -0.2) is 43.0 Å². The summed E-state index contributed by atoms with van der Waals surface area (Å²) in [7, 11) is -2.41. The number of aromatic nitrogens is 3. The monoisotopic (exact) mass is 340 g/mol. The highest BCUT2D eigenvalue weighted by atomic mass is 32.2. The van der Waals surface area contributed by atoms with Crippen LogP contribution in [0.25, 0.3) is 15.2 Å². The fourth-order valence-corrected chi connectivity index (χ4v) is 4.24. The van der Waals surface area contributed by atoms with E-state index in [1.165, 1.54) is 24.3 Å². The minimum atomic E-state index is -2.41. The molecule has 0 N–H and O–H groups in total. The van der Waals surface area contributed by atoms with Crippen LogP contribution in [0.2, 0.25) is 0 Å². The molecule has 0 radical (unpaired) electrons. The zero-order valence-corrected chi connectivity index (χ0v) is 13.8. The number of thiazole rings is 1. The van der Waals surface area contributed by atoms with E-state index in [1.807, 2.05) is 28.7 Å².